The molecule has 3 heteroatoms. The molecule has 3 nitrogen and oxygen atoms in total. The first-order valence-electron chi connectivity index (χ1n) is 28.1. The van der Waals surface area contributed by atoms with Crippen LogP contribution in [-0.2, 0) is 21.7 Å². The Bertz CT molecular complexity index is 4050. The molecular formula is C75H78N3+. The zero-order valence-corrected chi connectivity index (χ0v) is 48.6. The number of aryl methyl sites for hydroxylation is 1. The van der Waals surface area contributed by atoms with Crippen molar-refractivity contribution < 1.29 is 4.58 Å². The molecule has 0 aliphatic carbocycles. The summed E-state index contributed by atoms with van der Waals surface area (Å²) in [6.07, 6.45) is 15.5. The van der Waals surface area contributed by atoms with Crippen LogP contribution < -0.4 is 9.80 Å². The Kier molecular flexibility index (Phi) is 12.8. The highest BCUT2D eigenvalue weighted by atomic mass is 15.2. The third-order valence-electron chi connectivity index (χ3n) is 18.5. The Hall–Kier alpha value is -7.75. The first kappa shape index (κ1) is 52.3. The Morgan fingerprint density at radius 3 is 1.78 bits per heavy atom. The fourth-order valence-corrected chi connectivity index (χ4v) is 15.1. The van der Waals surface area contributed by atoms with Crippen molar-refractivity contribution >= 4 is 65.9 Å². The lowest BCUT2D eigenvalue weighted by molar-refractivity contribution is -0.401. The molecule has 0 radical (unpaired) electrons. The molecule has 0 bridgehead atoms. The van der Waals surface area contributed by atoms with Crippen molar-refractivity contribution in [1.29, 1.82) is 0 Å². The summed E-state index contributed by atoms with van der Waals surface area (Å²) in [7, 11) is 6.69. The van der Waals surface area contributed by atoms with E-state index < -0.39 is 5.41 Å². The van der Waals surface area contributed by atoms with Gasteiger partial charge in [-0.1, -0.05) is 173 Å². The molecule has 0 fully saturated rings. The summed E-state index contributed by atoms with van der Waals surface area (Å²) in [6.45, 7) is 37.3. The third-order valence-corrected chi connectivity index (χ3v) is 18.5. The maximum atomic E-state index is 4.89. The Labute approximate surface area is 465 Å². The van der Waals surface area contributed by atoms with Gasteiger partial charge in [-0.3, -0.25) is 0 Å². The van der Waals surface area contributed by atoms with Crippen LogP contribution in [0.5, 0.6) is 0 Å². The van der Waals surface area contributed by atoms with E-state index in [1.165, 1.54) is 122 Å². The zero-order valence-electron chi connectivity index (χ0n) is 48.6. The average molecular weight is 1020 g/mol. The van der Waals surface area contributed by atoms with Gasteiger partial charge in [-0.2, -0.15) is 4.58 Å². The molecule has 3 aliphatic heterocycles. The number of allylic oxidation sites excluding steroid dienone is 11. The molecule has 0 saturated heterocycles. The van der Waals surface area contributed by atoms with Crippen LogP contribution in [0.25, 0.3) is 43.1 Å². The molecule has 0 N–H and O–H groups in total. The van der Waals surface area contributed by atoms with Crippen LogP contribution in [0.15, 0.2) is 218 Å². The molecule has 3 atom stereocenters. The minimum absolute atomic E-state index is 0.0796. The van der Waals surface area contributed by atoms with E-state index in [4.69, 9.17) is 6.58 Å². The van der Waals surface area contributed by atoms with Crippen LogP contribution in [0.2, 0.25) is 0 Å². The molecule has 0 saturated carbocycles. The summed E-state index contributed by atoms with van der Waals surface area (Å²) in [5, 5.41) is 10.4. The van der Waals surface area contributed by atoms with Crippen LogP contribution >= 0.6 is 0 Å². The number of nitrogens with zero attached hydrogens (tertiary/aromatic N) is 3. The van der Waals surface area contributed by atoms with E-state index in [-0.39, 0.29) is 22.2 Å². The molecule has 0 spiro atoms. The molecule has 8 aromatic rings. The molecule has 0 aromatic heterocycles. The Morgan fingerprint density at radius 2 is 1.14 bits per heavy atom. The minimum atomic E-state index is -0.420. The number of anilines is 2. The number of hydrogen-bond acceptors (Lipinski definition) is 2. The zero-order chi connectivity index (χ0) is 55.4. The molecule has 3 heterocycles. The smallest absolute Gasteiger partial charge is 0.210 e. The molecule has 3 aliphatic rings. The number of rotatable bonds is 12. The van der Waals surface area contributed by atoms with Gasteiger partial charge in [0.1, 0.15) is 7.05 Å². The van der Waals surface area contributed by atoms with Crippen LogP contribution in [0.3, 0.4) is 0 Å². The van der Waals surface area contributed by atoms with Gasteiger partial charge in [0.15, 0.2) is 5.71 Å². The maximum absolute atomic E-state index is 4.89. The standard InChI is InChI=1S/C75H78N3/c1-47(2)45-74(12,50(6)27-25-36-65-72(8,9)69-54-30-19-17-28-52(54)39-41-62(69)76(65)14)68-49(5)43-60(56-32-21-23-34-58(56)68)51(7)61-44-64-71(59-35-24-22-33-57(59)61)75(13,46-48(3)4)67(78(64)16)38-26-37-66-73(10,11)70-55-31-20-18-29-53(55)40-42-63(70)77(66)15/h17-44,51H,1,3,6,45-46H2,2,4-5,7-16H3/q+1/b27-25+,65-36+. The maximum Gasteiger partial charge on any atom is 0.210 e. The molecule has 0 amide bonds. The van der Waals surface area contributed by atoms with Gasteiger partial charge in [0.25, 0.3) is 0 Å². The van der Waals surface area contributed by atoms with Crippen LogP contribution in [0.4, 0.5) is 17.1 Å². The summed E-state index contributed by atoms with van der Waals surface area (Å²) >= 11 is 0. The highest BCUT2D eigenvalue weighted by Crippen LogP contribution is 2.56. The van der Waals surface area contributed by atoms with Gasteiger partial charge in [-0.15, -0.1) is 13.2 Å². The second-order valence-electron chi connectivity index (χ2n) is 24.8. The van der Waals surface area contributed by atoms with E-state index in [1.807, 2.05) is 0 Å². The number of hydrogen-bond donors (Lipinski definition) is 0. The average Bonchev–Trinajstić information content (AvgIpc) is 3.96. The van der Waals surface area contributed by atoms with Crippen LogP contribution in [0, 0.1) is 6.92 Å². The lowest BCUT2D eigenvalue weighted by atomic mass is 9.68. The Morgan fingerprint density at radius 1 is 0.603 bits per heavy atom. The van der Waals surface area contributed by atoms with Crippen LogP contribution in [0.1, 0.15) is 120 Å². The fraction of sp³-hybridized carbons (Fsp3) is 0.267. The molecule has 78 heavy (non-hydrogen) atoms. The first-order chi connectivity index (χ1) is 37.1. The van der Waals surface area contributed by atoms with E-state index in [0.29, 0.717) is 0 Å². The minimum Gasteiger partial charge on any atom is -0.347 e. The molecule has 8 aromatic carbocycles. The van der Waals surface area contributed by atoms with E-state index in [2.05, 4.69) is 288 Å². The van der Waals surface area contributed by atoms with E-state index >= 15 is 0 Å². The van der Waals surface area contributed by atoms with Crippen LogP contribution in [-0.4, -0.2) is 31.4 Å². The van der Waals surface area contributed by atoms with Gasteiger partial charge in [0.2, 0.25) is 5.69 Å². The van der Waals surface area contributed by atoms with Gasteiger partial charge in [0.05, 0.1) is 5.41 Å². The fourth-order valence-electron chi connectivity index (χ4n) is 15.1. The van der Waals surface area contributed by atoms with Gasteiger partial charge in [-0.25, -0.2) is 0 Å². The number of benzene rings is 8. The van der Waals surface area contributed by atoms with E-state index in [1.54, 1.807) is 0 Å². The van der Waals surface area contributed by atoms with Crippen molar-refractivity contribution in [1.82, 2.24) is 0 Å². The molecule has 392 valence electrons. The summed E-state index contributed by atoms with van der Waals surface area (Å²) < 4.78 is 2.39. The highest BCUT2D eigenvalue weighted by molar-refractivity contribution is 6.08. The monoisotopic (exact) mass is 1020 g/mol. The van der Waals surface area contributed by atoms with Crippen molar-refractivity contribution in [3.63, 3.8) is 0 Å². The van der Waals surface area contributed by atoms with Crippen molar-refractivity contribution in [2.24, 2.45) is 0 Å². The molecule has 3 unspecified atom stereocenters. The van der Waals surface area contributed by atoms with Gasteiger partial charge in [0, 0.05) is 76.7 Å². The van der Waals surface area contributed by atoms with Gasteiger partial charge >= 0.3 is 0 Å². The van der Waals surface area contributed by atoms with Gasteiger partial charge in [-0.05, 0) is 167 Å². The van der Waals surface area contributed by atoms with Gasteiger partial charge < -0.3 is 9.80 Å². The van der Waals surface area contributed by atoms with Crippen molar-refractivity contribution in [3.05, 3.63) is 257 Å². The number of likely N-dealkylation sites (N-methyl/N-ethyl adjacent to an activating group) is 2. The second kappa shape index (κ2) is 19.0. The summed E-state index contributed by atoms with van der Waals surface area (Å²) in [4.78, 5) is 4.84. The molecular weight excluding hydrogens is 943 g/mol. The predicted octanol–water partition coefficient (Wildman–Crippen LogP) is 19.2. The Balaban J connectivity index is 0.972. The summed E-state index contributed by atoms with van der Waals surface area (Å²) in [6, 6.07) is 49.9. The summed E-state index contributed by atoms with van der Waals surface area (Å²) in [5.74, 6) is 0.0796. The lowest BCUT2D eigenvalue weighted by Gasteiger charge is -2.35. The van der Waals surface area contributed by atoms with E-state index in [0.717, 1.165) is 24.0 Å². The number of fused-ring (bicyclic) bond motifs is 10. The largest absolute Gasteiger partial charge is 0.347 e. The second-order valence-corrected chi connectivity index (χ2v) is 24.8. The normalized spacial score (nSPS) is 19.8. The third kappa shape index (κ3) is 8.01. The van der Waals surface area contributed by atoms with Crippen molar-refractivity contribution in [2.75, 3.05) is 30.9 Å². The molecule has 11 rings (SSSR count). The SMILES string of the molecule is C=C(C)CC(C)(C(=C)/C=C/C=C1/N(C)c2ccc3ccccc3c2C1(C)C)c1c(C)cc(C(C)c2cc3c(c4ccccc24)C(C)(CC(=C)C)C(=CC=CC2=[N+](C)c4ccc5ccccc5c4C2(C)C)N3C)c2ccccc12. The summed E-state index contributed by atoms with van der Waals surface area (Å²) in [5.41, 5.74) is 19.3. The topological polar surface area (TPSA) is 9.49 Å². The van der Waals surface area contributed by atoms with Crippen molar-refractivity contribution in [3.8, 4) is 0 Å². The predicted molar refractivity (Wildman–Crippen MR) is 339 cm³/mol. The first-order valence-corrected chi connectivity index (χ1v) is 28.1. The quantitative estimate of drug-likeness (QED) is 0.0685. The highest BCUT2D eigenvalue weighted by Gasteiger charge is 2.46. The van der Waals surface area contributed by atoms with E-state index in [9.17, 15) is 0 Å². The lowest BCUT2D eigenvalue weighted by Crippen LogP contribution is -2.27. The van der Waals surface area contributed by atoms with Crippen molar-refractivity contribution in [2.45, 2.75) is 110 Å².